The van der Waals surface area contributed by atoms with Gasteiger partial charge in [-0.2, -0.15) is 0 Å². The minimum absolute atomic E-state index is 0.306. The van der Waals surface area contributed by atoms with Gasteiger partial charge in [-0.1, -0.05) is 6.07 Å². The summed E-state index contributed by atoms with van der Waals surface area (Å²) in [6.07, 6.45) is 2.10. The second-order valence-electron chi connectivity index (χ2n) is 5.95. The lowest BCUT2D eigenvalue weighted by atomic mass is 10.1. The number of hydrogen-bond donors (Lipinski definition) is 0. The number of hydrogen-bond acceptors (Lipinski definition) is 3. The van der Waals surface area contributed by atoms with E-state index in [-0.39, 0.29) is 5.82 Å². The number of alkyl halides is 1. The van der Waals surface area contributed by atoms with Crippen molar-refractivity contribution >= 4 is 5.82 Å². The molecule has 1 aliphatic rings. The third kappa shape index (κ3) is 3.18. The molecule has 3 nitrogen and oxygen atoms in total. The maximum Gasteiger partial charge on any atom is 0.132 e. The molecule has 3 rings (SSSR count). The highest BCUT2D eigenvalue weighted by molar-refractivity contribution is 5.46. The van der Waals surface area contributed by atoms with Gasteiger partial charge in [0.25, 0.3) is 0 Å². The van der Waals surface area contributed by atoms with Gasteiger partial charge in [0.05, 0.1) is 6.54 Å². The van der Waals surface area contributed by atoms with Crippen molar-refractivity contribution in [2.75, 3.05) is 18.0 Å². The molecule has 1 aliphatic heterocycles. The molecule has 1 fully saturated rings. The fourth-order valence-corrected chi connectivity index (χ4v) is 2.53. The van der Waals surface area contributed by atoms with E-state index in [0.29, 0.717) is 42.4 Å². The van der Waals surface area contributed by atoms with Gasteiger partial charge in [0.1, 0.15) is 28.8 Å². The van der Waals surface area contributed by atoms with Gasteiger partial charge in [-0.25, -0.2) is 13.8 Å². The molecule has 1 unspecified atom stereocenters. The molecule has 0 bridgehead atoms. The van der Waals surface area contributed by atoms with Crippen molar-refractivity contribution in [3.05, 3.63) is 47.9 Å². The van der Waals surface area contributed by atoms with Gasteiger partial charge in [0.15, 0.2) is 0 Å². The van der Waals surface area contributed by atoms with Crippen molar-refractivity contribution in [3.63, 3.8) is 0 Å². The van der Waals surface area contributed by atoms with Crippen molar-refractivity contribution in [2.24, 2.45) is 0 Å². The van der Waals surface area contributed by atoms with Gasteiger partial charge in [-0.15, -0.1) is 0 Å². The molecule has 1 atom stereocenters. The normalized spacial score (nSPS) is 21.2. The van der Waals surface area contributed by atoms with Gasteiger partial charge >= 0.3 is 0 Å². The van der Waals surface area contributed by atoms with E-state index in [1.165, 1.54) is 6.07 Å². The lowest BCUT2D eigenvalue weighted by Gasteiger charge is -2.19. The Morgan fingerprint density at radius 2 is 2.00 bits per heavy atom. The summed E-state index contributed by atoms with van der Waals surface area (Å²) in [6.45, 7) is 4.25. The molecular weight excluding hydrogens is 286 g/mol. The number of pyridine rings is 1. The van der Waals surface area contributed by atoms with E-state index in [4.69, 9.17) is 4.74 Å². The predicted molar refractivity (Wildman–Crippen MR) is 81.8 cm³/mol. The van der Waals surface area contributed by atoms with Crippen LogP contribution in [0.25, 0.3) is 0 Å². The highest BCUT2D eigenvalue weighted by Gasteiger charge is 2.34. The van der Waals surface area contributed by atoms with E-state index < -0.39 is 5.67 Å². The molecule has 0 N–H and O–H groups in total. The molecule has 1 aromatic carbocycles. The Kier molecular flexibility index (Phi) is 3.72. The molecule has 2 aromatic rings. The second kappa shape index (κ2) is 5.55. The van der Waals surface area contributed by atoms with E-state index in [2.05, 4.69) is 4.98 Å². The van der Waals surface area contributed by atoms with Crippen LogP contribution < -0.4 is 9.64 Å². The van der Waals surface area contributed by atoms with Crippen LogP contribution >= 0.6 is 0 Å². The number of aromatic nitrogens is 1. The van der Waals surface area contributed by atoms with Crippen molar-refractivity contribution in [2.45, 2.75) is 25.9 Å². The molecule has 0 saturated carbocycles. The molecule has 0 amide bonds. The van der Waals surface area contributed by atoms with Crippen LogP contribution in [0.15, 0.2) is 36.5 Å². The van der Waals surface area contributed by atoms with E-state index >= 15 is 0 Å². The van der Waals surface area contributed by atoms with E-state index in [1.54, 1.807) is 44.3 Å². The Hall–Kier alpha value is -2.17. The summed E-state index contributed by atoms with van der Waals surface area (Å²) in [5, 5.41) is 0. The molecule has 2 heterocycles. The Bertz CT molecular complexity index is 688. The SMILES string of the molecule is Cc1ccc(Oc2ccnc(N3CCC(C)(F)C3)c2)cc1F. The first-order valence-electron chi connectivity index (χ1n) is 7.27. The fourth-order valence-electron chi connectivity index (χ4n) is 2.53. The van der Waals surface area contributed by atoms with Crippen LogP contribution in [0, 0.1) is 12.7 Å². The lowest BCUT2D eigenvalue weighted by molar-refractivity contribution is 0.221. The Morgan fingerprint density at radius 3 is 2.68 bits per heavy atom. The van der Waals surface area contributed by atoms with Gasteiger partial charge in [0.2, 0.25) is 0 Å². The number of halogens is 2. The molecule has 1 saturated heterocycles. The minimum atomic E-state index is -1.18. The van der Waals surface area contributed by atoms with Crippen LogP contribution in [-0.4, -0.2) is 23.7 Å². The minimum Gasteiger partial charge on any atom is -0.457 e. The summed E-state index contributed by atoms with van der Waals surface area (Å²) in [7, 11) is 0. The number of nitrogens with zero attached hydrogens (tertiary/aromatic N) is 2. The molecule has 0 aliphatic carbocycles. The third-order valence-corrected chi connectivity index (χ3v) is 3.84. The smallest absolute Gasteiger partial charge is 0.132 e. The van der Waals surface area contributed by atoms with E-state index in [9.17, 15) is 8.78 Å². The summed E-state index contributed by atoms with van der Waals surface area (Å²) in [5.41, 5.74) is -0.611. The number of rotatable bonds is 3. The summed E-state index contributed by atoms with van der Waals surface area (Å²) < 4.78 is 33.2. The summed E-state index contributed by atoms with van der Waals surface area (Å²) in [5.74, 6) is 1.35. The highest BCUT2D eigenvalue weighted by Crippen LogP contribution is 2.31. The summed E-state index contributed by atoms with van der Waals surface area (Å²) in [6, 6.07) is 8.18. The van der Waals surface area contributed by atoms with Crippen molar-refractivity contribution < 1.29 is 13.5 Å². The zero-order valence-electron chi connectivity index (χ0n) is 12.6. The molecule has 116 valence electrons. The van der Waals surface area contributed by atoms with Gasteiger partial charge in [-0.05, 0) is 31.5 Å². The Balaban J connectivity index is 1.78. The van der Waals surface area contributed by atoms with Crippen molar-refractivity contribution in [1.29, 1.82) is 0 Å². The standard InChI is InChI=1S/C17H18F2N2O/c1-12-3-4-13(9-15(12)18)22-14-5-7-20-16(10-14)21-8-6-17(2,19)11-21/h3-5,7,9-10H,6,8,11H2,1-2H3. The molecule has 1 aromatic heterocycles. The van der Waals surface area contributed by atoms with Crippen LogP contribution in [0.4, 0.5) is 14.6 Å². The molecular formula is C17H18F2N2O. The summed E-state index contributed by atoms with van der Waals surface area (Å²) >= 11 is 0. The summed E-state index contributed by atoms with van der Waals surface area (Å²) in [4.78, 5) is 6.16. The van der Waals surface area contributed by atoms with Crippen LogP contribution in [0.1, 0.15) is 18.9 Å². The maximum absolute atomic E-state index is 13.9. The lowest BCUT2D eigenvalue weighted by Crippen LogP contribution is -2.26. The van der Waals surface area contributed by atoms with Crippen LogP contribution in [0.3, 0.4) is 0 Å². The number of benzene rings is 1. The quantitative estimate of drug-likeness (QED) is 0.847. The number of anilines is 1. The zero-order chi connectivity index (χ0) is 15.7. The van der Waals surface area contributed by atoms with Crippen LogP contribution in [0.2, 0.25) is 0 Å². The van der Waals surface area contributed by atoms with Crippen LogP contribution in [-0.2, 0) is 0 Å². The van der Waals surface area contributed by atoms with Crippen molar-refractivity contribution in [1.82, 2.24) is 4.98 Å². The third-order valence-electron chi connectivity index (χ3n) is 3.84. The second-order valence-corrected chi connectivity index (χ2v) is 5.95. The number of aryl methyl sites for hydroxylation is 1. The molecule has 22 heavy (non-hydrogen) atoms. The van der Waals surface area contributed by atoms with Gasteiger partial charge in [-0.3, -0.25) is 0 Å². The van der Waals surface area contributed by atoms with Gasteiger partial charge in [0, 0.05) is 31.3 Å². The highest BCUT2D eigenvalue weighted by atomic mass is 19.1. The first-order chi connectivity index (χ1) is 10.4. The largest absolute Gasteiger partial charge is 0.457 e. The predicted octanol–water partition coefficient (Wildman–Crippen LogP) is 4.26. The van der Waals surface area contributed by atoms with E-state index in [1.807, 2.05) is 4.90 Å². The fraction of sp³-hybridized carbons (Fsp3) is 0.353. The first kappa shape index (κ1) is 14.8. The van der Waals surface area contributed by atoms with E-state index in [0.717, 1.165) is 0 Å². The maximum atomic E-state index is 13.9. The number of ether oxygens (including phenoxy) is 1. The Labute approximate surface area is 128 Å². The van der Waals surface area contributed by atoms with Crippen molar-refractivity contribution in [3.8, 4) is 11.5 Å². The Morgan fingerprint density at radius 1 is 1.23 bits per heavy atom. The molecule has 0 radical (unpaired) electrons. The average molecular weight is 304 g/mol. The van der Waals surface area contributed by atoms with Gasteiger partial charge < -0.3 is 9.64 Å². The van der Waals surface area contributed by atoms with Crippen LogP contribution in [0.5, 0.6) is 11.5 Å². The zero-order valence-corrected chi connectivity index (χ0v) is 12.6. The monoisotopic (exact) mass is 304 g/mol. The average Bonchev–Trinajstić information content (AvgIpc) is 2.84. The topological polar surface area (TPSA) is 25.4 Å². The molecule has 5 heteroatoms. The first-order valence-corrected chi connectivity index (χ1v) is 7.27. The molecule has 0 spiro atoms.